The second kappa shape index (κ2) is 14.7. The topological polar surface area (TPSA) is 8.17 Å². The standard InChI is InChI=1S/C64H46N2/c1-63(2)57-26-14-15-28-61(57)66-60-40-33-46(41-55(60)54-24-16-27-58(63)62(54)66)45-31-36-50(37-32-45)65(49-34-29-44(30-35-49)43-17-6-3-7-18-43)51-38-39-53-52-23-12-13-25-56(52)64(59(53)42-51,47-19-8-4-9-20-47)48-21-10-5-11-22-48/h3-42H,1-2H3. The van der Waals surface area contributed by atoms with Crippen LogP contribution in [0.3, 0.4) is 0 Å². The molecule has 1 aliphatic heterocycles. The minimum Gasteiger partial charge on any atom is -0.310 e. The van der Waals surface area contributed by atoms with Crippen LogP contribution < -0.4 is 4.90 Å². The third-order valence-corrected chi connectivity index (χ3v) is 14.7. The van der Waals surface area contributed by atoms with Crippen LogP contribution in [0.5, 0.6) is 0 Å². The zero-order valence-corrected chi connectivity index (χ0v) is 37.0. The van der Waals surface area contributed by atoms with Crippen molar-refractivity contribution in [3.05, 3.63) is 276 Å². The van der Waals surface area contributed by atoms with Gasteiger partial charge in [-0.1, -0.05) is 202 Å². The lowest BCUT2D eigenvalue weighted by Crippen LogP contribution is -2.28. The molecule has 0 amide bonds. The van der Waals surface area contributed by atoms with E-state index in [9.17, 15) is 0 Å². The molecule has 2 aliphatic rings. The molecule has 0 N–H and O–H groups in total. The van der Waals surface area contributed by atoms with Crippen molar-refractivity contribution in [1.82, 2.24) is 4.57 Å². The minimum atomic E-state index is -0.503. The molecule has 66 heavy (non-hydrogen) atoms. The van der Waals surface area contributed by atoms with Gasteiger partial charge in [0.15, 0.2) is 0 Å². The maximum absolute atomic E-state index is 2.49. The fourth-order valence-electron chi connectivity index (χ4n) is 11.6. The van der Waals surface area contributed by atoms with E-state index in [4.69, 9.17) is 0 Å². The van der Waals surface area contributed by atoms with Crippen molar-refractivity contribution in [2.24, 2.45) is 0 Å². The Bertz CT molecular complexity index is 3600. The van der Waals surface area contributed by atoms with Crippen LogP contribution in [0, 0.1) is 0 Å². The number of para-hydroxylation sites is 2. The van der Waals surface area contributed by atoms with E-state index in [2.05, 4.69) is 266 Å². The molecule has 0 unspecified atom stereocenters. The summed E-state index contributed by atoms with van der Waals surface area (Å²) in [6.07, 6.45) is 0. The second-order valence-electron chi connectivity index (χ2n) is 18.5. The van der Waals surface area contributed by atoms with Crippen LogP contribution >= 0.6 is 0 Å². The van der Waals surface area contributed by atoms with Crippen molar-refractivity contribution in [3.8, 4) is 39.1 Å². The maximum Gasteiger partial charge on any atom is 0.0714 e. The van der Waals surface area contributed by atoms with Gasteiger partial charge in [0.25, 0.3) is 0 Å². The molecule has 11 aromatic rings. The summed E-state index contributed by atoms with van der Waals surface area (Å²) in [4.78, 5) is 2.43. The van der Waals surface area contributed by atoms with Crippen LogP contribution in [0.2, 0.25) is 0 Å². The number of nitrogens with zero attached hydrogens (tertiary/aromatic N) is 2. The van der Waals surface area contributed by atoms with Crippen molar-refractivity contribution in [3.63, 3.8) is 0 Å². The number of hydrogen-bond acceptors (Lipinski definition) is 1. The average Bonchev–Trinajstić information content (AvgIpc) is 3.87. The first kappa shape index (κ1) is 38.3. The van der Waals surface area contributed by atoms with E-state index in [1.54, 1.807) is 0 Å². The van der Waals surface area contributed by atoms with Gasteiger partial charge in [0, 0.05) is 33.2 Å². The van der Waals surface area contributed by atoms with Gasteiger partial charge >= 0.3 is 0 Å². The van der Waals surface area contributed by atoms with E-state index < -0.39 is 5.41 Å². The first-order chi connectivity index (χ1) is 32.5. The fraction of sp³-hybridized carbons (Fsp3) is 0.0625. The third-order valence-electron chi connectivity index (χ3n) is 14.7. The summed E-state index contributed by atoms with van der Waals surface area (Å²) in [7, 11) is 0. The number of aromatic nitrogens is 1. The molecule has 0 saturated carbocycles. The summed E-state index contributed by atoms with van der Waals surface area (Å²) >= 11 is 0. The zero-order chi connectivity index (χ0) is 44.0. The average molecular weight is 843 g/mol. The largest absolute Gasteiger partial charge is 0.310 e. The molecule has 0 spiro atoms. The number of hydrogen-bond donors (Lipinski definition) is 0. The Morgan fingerprint density at radius 3 is 1.55 bits per heavy atom. The first-order valence-electron chi connectivity index (χ1n) is 23.1. The molecular formula is C64H46N2. The van der Waals surface area contributed by atoms with E-state index in [0.29, 0.717) is 0 Å². The highest BCUT2D eigenvalue weighted by Gasteiger charge is 2.46. The Hall–Kier alpha value is -8.20. The summed E-state index contributed by atoms with van der Waals surface area (Å²) in [5.41, 5.74) is 21.7. The molecular weight excluding hydrogens is 797 g/mol. The highest BCUT2D eigenvalue weighted by Crippen LogP contribution is 2.57. The van der Waals surface area contributed by atoms with E-state index in [1.165, 1.54) is 94.3 Å². The highest BCUT2D eigenvalue weighted by atomic mass is 15.1. The van der Waals surface area contributed by atoms with Gasteiger partial charge in [-0.25, -0.2) is 0 Å². The molecule has 13 rings (SSSR count). The lowest BCUT2D eigenvalue weighted by molar-refractivity contribution is 0.630. The number of rotatable bonds is 7. The number of fused-ring (bicyclic) bond motifs is 8. The van der Waals surface area contributed by atoms with Crippen LogP contribution in [0.15, 0.2) is 243 Å². The van der Waals surface area contributed by atoms with E-state index in [1.807, 2.05) is 0 Å². The third kappa shape index (κ3) is 5.55. The first-order valence-corrected chi connectivity index (χ1v) is 23.1. The van der Waals surface area contributed by atoms with Gasteiger partial charge in [-0.05, 0) is 121 Å². The summed E-state index contributed by atoms with van der Waals surface area (Å²) < 4.78 is 2.49. The molecule has 2 heteroatoms. The number of anilines is 3. The highest BCUT2D eigenvalue weighted by molar-refractivity contribution is 6.12. The summed E-state index contributed by atoms with van der Waals surface area (Å²) in [6.45, 7) is 4.72. The Kier molecular flexibility index (Phi) is 8.51. The van der Waals surface area contributed by atoms with Crippen LogP contribution in [0.4, 0.5) is 17.1 Å². The van der Waals surface area contributed by atoms with Crippen molar-refractivity contribution >= 4 is 38.9 Å². The van der Waals surface area contributed by atoms with Gasteiger partial charge in [0.1, 0.15) is 0 Å². The summed E-state index contributed by atoms with van der Waals surface area (Å²) in [6, 6.07) is 89.9. The van der Waals surface area contributed by atoms with Crippen LogP contribution in [-0.4, -0.2) is 4.57 Å². The van der Waals surface area contributed by atoms with E-state index in [0.717, 1.165) is 17.1 Å². The number of benzene rings is 10. The Morgan fingerprint density at radius 2 is 0.864 bits per heavy atom. The Labute approximate surface area is 386 Å². The SMILES string of the molecule is CC1(C)c2ccccc2-n2c3ccc(-c4ccc(N(c5ccc(-c6ccccc6)cc5)c5ccc6c(c5)C(c5ccccc5)(c5ccccc5)c5ccccc5-6)cc4)cc3c3cccc1c32. The molecule has 10 aromatic carbocycles. The Balaban J connectivity index is 0.968. The molecule has 1 aliphatic carbocycles. The van der Waals surface area contributed by atoms with Crippen molar-refractivity contribution in [2.45, 2.75) is 24.7 Å². The monoisotopic (exact) mass is 842 g/mol. The van der Waals surface area contributed by atoms with Crippen LogP contribution in [-0.2, 0) is 10.8 Å². The lowest BCUT2D eigenvalue weighted by Gasteiger charge is -2.35. The van der Waals surface area contributed by atoms with Crippen LogP contribution in [0.1, 0.15) is 47.2 Å². The lowest BCUT2D eigenvalue weighted by atomic mass is 9.67. The van der Waals surface area contributed by atoms with Crippen molar-refractivity contribution < 1.29 is 0 Å². The quantitative estimate of drug-likeness (QED) is 0.155. The normalized spacial score (nSPS) is 13.8. The van der Waals surface area contributed by atoms with Gasteiger partial charge in [-0.3, -0.25) is 0 Å². The summed E-state index contributed by atoms with van der Waals surface area (Å²) in [5.74, 6) is 0. The predicted molar refractivity (Wildman–Crippen MR) is 276 cm³/mol. The molecule has 0 bridgehead atoms. The zero-order valence-electron chi connectivity index (χ0n) is 37.0. The van der Waals surface area contributed by atoms with Gasteiger partial charge in [-0.15, -0.1) is 0 Å². The maximum atomic E-state index is 2.49. The van der Waals surface area contributed by atoms with E-state index in [-0.39, 0.29) is 5.41 Å². The molecule has 1 aromatic heterocycles. The summed E-state index contributed by atoms with van der Waals surface area (Å²) in [5, 5.41) is 2.58. The van der Waals surface area contributed by atoms with E-state index >= 15 is 0 Å². The molecule has 0 atom stereocenters. The smallest absolute Gasteiger partial charge is 0.0714 e. The van der Waals surface area contributed by atoms with Gasteiger partial charge < -0.3 is 9.47 Å². The second-order valence-corrected chi connectivity index (χ2v) is 18.5. The molecule has 0 fully saturated rings. The van der Waals surface area contributed by atoms with Crippen molar-refractivity contribution in [2.75, 3.05) is 4.90 Å². The van der Waals surface area contributed by atoms with Gasteiger partial charge in [0.05, 0.1) is 22.1 Å². The minimum absolute atomic E-state index is 0.0969. The molecule has 312 valence electrons. The van der Waals surface area contributed by atoms with Gasteiger partial charge in [-0.2, -0.15) is 0 Å². The predicted octanol–water partition coefficient (Wildman–Crippen LogP) is 16.6. The van der Waals surface area contributed by atoms with Gasteiger partial charge in [0.2, 0.25) is 0 Å². The van der Waals surface area contributed by atoms with Crippen LogP contribution in [0.25, 0.3) is 60.9 Å². The van der Waals surface area contributed by atoms with Crippen molar-refractivity contribution in [1.29, 1.82) is 0 Å². The molecule has 0 saturated heterocycles. The fourth-order valence-corrected chi connectivity index (χ4v) is 11.6. The molecule has 2 nitrogen and oxygen atoms in total. The molecule has 2 heterocycles. The Morgan fingerprint density at radius 1 is 0.348 bits per heavy atom. The molecule has 0 radical (unpaired) electrons.